The molecule has 2 aromatic rings. The molecular weight excluding hydrogens is 291 g/mol. The fraction of sp³-hybridized carbons (Fsp3) is 0.0833. The van der Waals surface area contributed by atoms with Crippen LogP contribution in [-0.2, 0) is 0 Å². The van der Waals surface area contributed by atoms with E-state index < -0.39 is 5.82 Å². The lowest BCUT2D eigenvalue weighted by Gasteiger charge is -2.02. The van der Waals surface area contributed by atoms with Crippen molar-refractivity contribution < 1.29 is 9.18 Å². The molecule has 0 aliphatic rings. The molecule has 0 spiro atoms. The molecule has 1 nitrogen and oxygen atoms in total. The van der Waals surface area contributed by atoms with E-state index >= 15 is 0 Å². The van der Waals surface area contributed by atoms with Crippen molar-refractivity contribution in [1.29, 1.82) is 0 Å². The minimum atomic E-state index is -0.478. The highest BCUT2D eigenvalue weighted by Crippen LogP contribution is 2.25. The molecule has 2 rings (SSSR count). The largest absolute Gasteiger partial charge is 0.288 e. The van der Waals surface area contributed by atoms with Gasteiger partial charge in [0, 0.05) is 20.8 Å². The van der Waals surface area contributed by atoms with E-state index in [4.69, 9.17) is 0 Å². The summed E-state index contributed by atoms with van der Waals surface area (Å²) in [6.45, 7) is 1.83. The fourth-order valence-electron chi connectivity index (χ4n) is 1.40. The number of ketones is 1. The quantitative estimate of drug-likeness (QED) is 0.760. The zero-order valence-corrected chi connectivity index (χ0v) is 10.9. The Labute approximate surface area is 105 Å². The first-order chi connectivity index (χ1) is 7.59. The monoisotopic (exact) mass is 298 g/mol. The Bertz CT molecular complexity index is 548. The maximum absolute atomic E-state index is 13.5. The fourth-order valence-corrected chi connectivity index (χ4v) is 2.86. The number of hydrogen-bond donors (Lipinski definition) is 0. The molecule has 4 heteroatoms. The Morgan fingerprint density at radius 1 is 1.31 bits per heavy atom. The molecule has 0 atom stereocenters. The first-order valence-corrected chi connectivity index (χ1v) is 6.35. The smallest absolute Gasteiger partial charge is 0.197 e. The van der Waals surface area contributed by atoms with Gasteiger partial charge in [0.25, 0.3) is 0 Å². The maximum atomic E-state index is 13.5. The number of rotatable bonds is 2. The molecule has 0 radical (unpaired) electrons. The van der Waals surface area contributed by atoms with Gasteiger partial charge in [-0.15, -0.1) is 0 Å². The highest BCUT2D eigenvalue weighted by atomic mass is 79.9. The van der Waals surface area contributed by atoms with Crippen LogP contribution in [0.5, 0.6) is 0 Å². The number of aryl methyl sites for hydroxylation is 1. The summed E-state index contributed by atoms with van der Waals surface area (Å²) in [7, 11) is 0. The number of hydrogen-bond acceptors (Lipinski definition) is 2. The van der Waals surface area contributed by atoms with Crippen LogP contribution in [0.3, 0.4) is 0 Å². The molecule has 0 aliphatic carbocycles. The number of benzene rings is 1. The zero-order chi connectivity index (χ0) is 11.7. The highest BCUT2D eigenvalue weighted by molar-refractivity contribution is 9.10. The van der Waals surface area contributed by atoms with Crippen molar-refractivity contribution in [1.82, 2.24) is 0 Å². The first-order valence-electron chi connectivity index (χ1n) is 4.62. The number of halogens is 2. The molecule has 1 aromatic heterocycles. The molecule has 0 saturated heterocycles. The predicted molar refractivity (Wildman–Crippen MR) is 66.6 cm³/mol. The van der Waals surface area contributed by atoms with Gasteiger partial charge in [0.2, 0.25) is 0 Å². The van der Waals surface area contributed by atoms with E-state index in [9.17, 15) is 9.18 Å². The number of carbonyl (C=O) groups excluding carboxylic acids is 1. The van der Waals surface area contributed by atoms with Gasteiger partial charge in [-0.2, -0.15) is 11.3 Å². The van der Waals surface area contributed by atoms with Crippen molar-refractivity contribution in [3.8, 4) is 0 Å². The summed E-state index contributed by atoms with van der Waals surface area (Å²) >= 11 is 4.68. The maximum Gasteiger partial charge on any atom is 0.197 e. The summed E-state index contributed by atoms with van der Waals surface area (Å²) in [6.07, 6.45) is 0. The Balaban J connectivity index is 2.49. The average molecular weight is 299 g/mol. The Morgan fingerprint density at radius 2 is 2.06 bits per heavy atom. The van der Waals surface area contributed by atoms with Crippen LogP contribution in [0, 0.1) is 12.7 Å². The molecule has 1 aromatic carbocycles. The molecule has 0 unspecified atom stereocenters. The van der Waals surface area contributed by atoms with Crippen LogP contribution in [-0.4, -0.2) is 5.78 Å². The van der Waals surface area contributed by atoms with Crippen LogP contribution in [0.15, 0.2) is 33.4 Å². The van der Waals surface area contributed by atoms with E-state index in [1.807, 2.05) is 6.92 Å². The van der Waals surface area contributed by atoms with E-state index in [2.05, 4.69) is 15.9 Å². The average Bonchev–Trinajstić information content (AvgIpc) is 2.67. The van der Waals surface area contributed by atoms with Crippen molar-refractivity contribution >= 4 is 33.0 Å². The van der Waals surface area contributed by atoms with E-state index in [0.29, 0.717) is 10.0 Å². The third-order valence-electron chi connectivity index (χ3n) is 2.23. The summed E-state index contributed by atoms with van der Waals surface area (Å²) in [6, 6.07) is 4.54. The second-order valence-electron chi connectivity index (χ2n) is 3.45. The molecule has 0 amide bonds. The zero-order valence-electron chi connectivity index (χ0n) is 8.46. The summed E-state index contributed by atoms with van der Waals surface area (Å²) < 4.78 is 14.2. The van der Waals surface area contributed by atoms with E-state index in [1.54, 1.807) is 22.9 Å². The van der Waals surface area contributed by atoms with Crippen LogP contribution in [0.1, 0.15) is 21.5 Å². The second kappa shape index (κ2) is 4.47. The van der Waals surface area contributed by atoms with Gasteiger partial charge in [-0.05, 0) is 35.0 Å². The van der Waals surface area contributed by atoms with Crippen molar-refractivity contribution in [2.45, 2.75) is 6.92 Å². The van der Waals surface area contributed by atoms with Crippen LogP contribution < -0.4 is 0 Å². The molecular formula is C12H8BrFOS. The Hall–Kier alpha value is -1.00. The lowest BCUT2D eigenvalue weighted by Crippen LogP contribution is -2.04. The minimum Gasteiger partial charge on any atom is -0.288 e. The highest BCUT2D eigenvalue weighted by Gasteiger charge is 2.17. The van der Waals surface area contributed by atoms with Crippen molar-refractivity contribution in [2.24, 2.45) is 0 Å². The summed E-state index contributed by atoms with van der Waals surface area (Å²) in [5.74, 6) is -0.761. The molecule has 0 aliphatic heterocycles. The standard InChI is InChI=1S/C12H8BrFOS/c1-7-2-3-11(14)8(4-7)12(15)9-5-16-6-10(9)13/h2-6H,1H3. The third-order valence-corrected chi connectivity index (χ3v) is 3.93. The third kappa shape index (κ3) is 2.08. The van der Waals surface area contributed by atoms with Gasteiger partial charge in [-0.25, -0.2) is 4.39 Å². The van der Waals surface area contributed by atoms with Crippen LogP contribution in [0.4, 0.5) is 4.39 Å². The van der Waals surface area contributed by atoms with Crippen LogP contribution >= 0.6 is 27.3 Å². The van der Waals surface area contributed by atoms with E-state index in [0.717, 1.165) is 5.56 Å². The molecule has 1 heterocycles. The molecule has 0 bridgehead atoms. The SMILES string of the molecule is Cc1ccc(F)c(C(=O)c2cscc2Br)c1. The van der Waals surface area contributed by atoms with Gasteiger partial charge >= 0.3 is 0 Å². The minimum absolute atomic E-state index is 0.124. The molecule has 82 valence electrons. The normalized spacial score (nSPS) is 10.4. The summed E-state index contributed by atoms with van der Waals surface area (Å²) in [5, 5.41) is 3.52. The molecule has 0 fully saturated rings. The predicted octanol–water partition coefficient (Wildman–Crippen LogP) is 4.19. The lowest BCUT2D eigenvalue weighted by molar-refractivity contribution is 0.103. The number of thiophene rings is 1. The van der Waals surface area contributed by atoms with E-state index in [-0.39, 0.29) is 11.3 Å². The molecule has 16 heavy (non-hydrogen) atoms. The Kier molecular flexibility index (Phi) is 3.21. The van der Waals surface area contributed by atoms with Gasteiger partial charge in [-0.3, -0.25) is 4.79 Å². The van der Waals surface area contributed by atoms with Gasteiger partial charge in [0.15, 0.2) is 5.78 Å². The van der Waals surface area contributed by atoms with E-state index in [1.165, 1.54) is 17.4 Å². The first kappa shape index (κ1) is 11.5. The lowest BCUT2D eigenvalue weighted by atomic mass is 10.0. The van der Waals surface area contributed by atoms with Gasteiger partial charge in [-0.1, -0.05) is 11.6 Å². The number of carbonyl (C=O) groups is 1. The second-order valence-corrected chi connectivity index (χ2v) is 5.04. The van der Waals surface area contributed by atoms with Gasteiger partial charge in [0.1, 0.15) is 5.82 Å². The van der Waals surface area contributed by atoms with Crippen molar-refractivity contribution in [3.63, 3.8) is 0 Å². The van der Waals surface area contributed by atoms with Gasteiger partial charge in [0.05, 0.1) is 5.56 Å². The molecule has 0 saturated carbocycles. The van der Waals surface area contributed by atoms with Gasteiger partial charge < -0.3 is 0 Å². The Morgan fingerprint density at radius 3 is 2.69 bits per heavy atom. The summed E-state index contributed by atoms with van der Waals surface area (Å²) in [4.78, 5) is 12.0. The van der Waals surface area contributed by atoms with Crippen molar-refractivity contribution in [2.75, 3.05) is 0 Å². The van der Waals surface area contributed by atoms with Crippen LogP contribution in [0.2, 0.25) is 0 Å². The molecule has 0 N–H and O–H groups in total. The van der Waals surface area contributed by atoms with Crippen molar-refractivity contribution in [3.05, 3.63) is 55.9 Å². The topological polar surface area (TPSA) is 17.1 Å². The van der Waals surface area contributed by atoms with Crippen LogP contribution in [0.25, 0.3) is 0 Å². The summed E-state index contributed by atoms with van der Waals surface area (Å²) in [5.41, 5.74) is 1.50.